The summed E-state index contributed by atoms with van der Waals surface area (Å²) in [5, 5.41) is 8.86. The van der Waals surface area contributed by atoms with Gasteiger partial charge in [-0.1, -0.05) is 18.2 Å². The molecule has 0 spiro atoms. The molecule has 1 fully saturated rings. The zero-order valence-electron chi connectivity index (χ0n) is 14.8. The highest BCUT2D eigenvalue weighted by atomic mass is 19.1. The van der Waals surface area contributed by atoms with E-state index < -0.39 is 5.97 Å². The lowest BCUT2D eigenvalue weighted by Gasteiger charge is -2.36. The first kappa shape index (κ1) is 19.3. The van der Waals surface area contributed by atoms with Crippen LogP contribution in [0.5, 0.6) is 0 Å². The number of hydrogen-bond acceptors (Lipinski definition) is 4. The molecule has 1 saturated heterocycles. The number of rotatable bonds is 7. The van der Waals surface area contributed by atoms with Crippen molar-refractivity contribution in [2.24, 2.45) is 0 Å². The van der Waals surface area contributed by atoms with E-state index in [0.29, 0.717) is 12.1 Å². The van der Waals surface area contributed by atoms with Crippen LogP contribution in [0.1, 0.15) is 18.4 Å². The second kappa shape index (κ2) is 8.92. The minimum Gasteiger partial charge on any atom is -0.480 e. The third-order valence-electron chi connectivity index (χ3n) is 4.72. The molecule has 1 aromatic rings. The van der Waals surface area contributed by atoms with Gasteiger partial charge in [-0.05, 0) is 26.0 Å². The standard InChI is InChI=1S/C18H26FN3O3/c1-20(13-18(24)25)15-7-9-22(10-8-15)12-17(23)21(2)11-14-5-3-4-6-16(14)19/h3-6,15H,7-13H2,1-2H3,(H,24,25). The second-order valence-electron chi connectivity index (χ2n) is 6.66. The number of aliphatic carboxylic acids is 1. The van der Waals surface area contributed by atoms with Gasteiger partial charge >= 0.3 is 5.97 Å². The van der Waals surface area contributed by atoms with E-state index in [1.807, 2.05) is 11.9 Å². The fraction of sp³-hybridized carbons (Fsp3) is 0.556. The Morgan fingerprint density at radius 2 is 1.88 bits per heavy atom. The summed E-state index contributed by atoms with van der Waals surface area (Å²) in [5.41, 5.74) is 0.507. The van der Waals surface area contributed by atoms with E-state index in [2.05, 4.69) is 4.90 Å². The van der Waals surface area contributed by atoms with Gasteiger partial charge < -0.3 is 10.0 Å². The quantitative estimate of drug-likeness (QED) is 0.801. The molecule has 0 saturated carbocycles. The van der Waals surface area contributed by atoms with Gasteiger partial charge in [0.1, 0.15) is 5.82 Å². The van der Waals surface area contributed by atoms with Gasteiger partial charge in [0.2, 0.25) is 5.91 Å². The molecule has 1 aliphatic heterocycles. The fourth-order valence-electron chi connectivity index (χ4n) is 3.14. The zero-order valence-corrected chi connectivity index (χ0v) is 14.8. The summed E-state index contributed by atoms with van der Waals surface area (Å²) in [6.45, 7) is 2.11. The van der Waals surface area contributed by atoms with Crippen LogP contribution in [-0.4, -0.2) is 78.0 Å². The van der Waals surface area contributed by atoms with E-state index in [4.69, 9.17) is 5.11 Å². The number of likely N-dealkylation sites (N-methyl/N-ethyl adjacent to an activating group) is 2. The van der Waals surface area contributed by atoms with Gasteiger partial charge in [-0.2, -0.15) is 0 Å². The Morgan fingerprint density at radius 1 is 1.24 bits per heavy atom. The predicted octanol–water partition coefficient (Wildman–Crippen LogP) is 1.26. The topological polar surface area (TPSA) is 64.1 Å². The van der Waals surface area contributed by atoms with Gasteiger partial charge in [0.25, 0.3) is 0 Å². The van der Waals surface area contributed by atoms with Gasteiger partial charge in [-0.15, -0.1) is 0 Å². The smallest absolute Gasteiger partial charge is 0.317 e. The van der Waals surface area contributed by atoms with Crippen molar-refractivity contribution in [2.75, 3.05) is 40.3 Å². The van der Waals surface area contributed by atoms with Gasteiger partial charge in [0, 0.05) is 38.3 Å². The number of benzene rings is 1. The van der Waals surface area contributed by atoms with Gasteiger partial charge in [0.15, 0.2) is 0 Å². The Kier molecular flexibility index (Phi) is 6.90. The van der Waals surface area contributed by atoms with Crippen molar-refractivity contribution in [2.45, 2.75) is 25.4 Å². The maximum atomic E-state index is 13.7. The Hall–Kier alpha value is -1.99. The number of likely N-dealkylation sites (tertiary alicyclic amines) is 1. The lowest BCUT2D eigenvalue weighted by molar-refractivity contribution is -0.138. The summed E-state index contributed by atoms with van der Waals surface area (Å²) in [5.74, 6) is -1.17. The first-order chi connectivity index (χ1) is 11.9. The van der Waals surface area contributed by atoms with E-state index in [1.165, 1.54) is 6.07 Å². The van der Waals surface area contributed by atoms with E-state index in [0.717, 1.165) is 25.9 Å². The number of hydrogen-bond donors (Lipinski definition) is 1. The molecule has 1 aromatic carbocycles. The first-order valence-electron chi connectivity index (χ1n) is 8.48. The Balaban J connectivity index is 1.78. The molecular weight excluding hydrogens is 325 g/mol. The average molecular weight is 351 g/mol. The lowest BCUT2D eigenvalue weighted by Crippen LogP contribution is -2.47. The second-order valence-corrected chi connectivity index (χ2v) is 6.66. The van der Waals surface area contributed by atoms with Crippen LogP contribution in [0.25, 0.3) is 0 Å². The fourth-order valence-corrected chi connectivity index (χ4v) is 3.14. The Morgan fingerprint density at radius 3 is 2.48 bits per heavy atom. The molecule has 0 bridgehead atoms. The molecule has 0 atom stereocenters. The minimum atomic E-state index is -0.824. The van der Waals surface area contributed by atoms with Crippen LogP contribution in [-0.2, 0) is 16.1 Å². The Bertz CT molecular complexity index is 603. The highest BCUT2D eigenvalue weighted by molar-refractivity contribution is 5.78. The molecule has 0 aromatic heterocycles. The number of carbonyl (C=O) groups is 2. The molecule has 1 heterocycles. The average Bonchev–Trinajstić information content (AvgIpc) is 2.56. The highest BCUT2D eigenvalue weighted by Gasteiger charge is 2.25. The summed E-state index contributed by atoms with van der Waals surface area (Å²) >= 11 is 0. The van der Waals surface area contributed by atoms with Gasteiger partial charge in [-0.3, -0.25) is 19.4 Å². The monoisotopic (exact) mass is 351 g/mol. The molecular formula is C18H26FN3O3. The number of carbonyl (C=O) groups excluding carboxylic acids is 1. The number of piperidine rings is 1. The van der Waals surface area contributed by atoms with Crippen molar-refractivity contribution in [1.29, 1.82) is 0 Å². The van der Waals surface area contributed by atoms with Crippen LogP contribution >= 0.6 is 0 Å². The van der Waals surface area contributed by atoms with Crippen molar-refractivity contribution < 1.29 is 19.1 Å². The first-order valence-corrected chi connectivity index (χ1v) is 8.48. The van der Waals surface area contributed by atoms with Crippen molar-refractivity contribution in [3.63, 3.8) is 0 Å². The van der Waals surface area contributed by atoms with Crippen molar-refractivity contribution >= 4 is 11.9 Å². The Labute approximate surface area is 147 Å². The molecule has 6 nitrogen and oxygen atoms in total. The molecule has 0 radical (unpaired) electrons. The maximum Gasteiger partial charge on any atom is 0.317 e. The number of amides is 1. The lowest BCUT2D eigenvalue weighted by atomic mass is 10.0. The summed E-state index contributed by atoms with van der Waals surface area (Å²) in [4.78, 5) is 28.6. The zero-order chi connectivity index (χ0) is 18.4. The molecule has 2 rings (SSSR count). The summed E-state index contributed by atoms with van der Waals surface area (Å²) in [6.07, 6.45) is 1.68. The third kappa shape index (κ3) is 5.79. The summed E-state index contributed by atoms with van der Waals surface area (Å²) in [6, 6.07) is 6.70. The molecule has 0 unspecified atom stereocenters. The molecule has 1 N–H and O–H groups in total. The van der Waals surface area contributed by atoms with Gasteiger partial charge in [0.05, 0.1) is 13.1 Å². The highest BCUT2D eigenvalue weighted by Crippen LogP contribution is 2.16. The van der Waals surface area contributed by atoms with E-state index >= 15 is 0 Å². The van der Waals surface area contributed by atoms with Gasteiger partial charge in [-0.25, -0.2) is 4.39 Å². The summed E-state index contributed by atoms with van der Waals surface area (Å²) in [7, 11) is 3.50. The number of carboxylic acid groups (broad SMARTS) is 1. The third-order valence-corrected chi connectivity index (χ3v) is 4.72. The molecule has 25 heavy (non-hydrogen) atoms. The van der Waals surface area contributed by atoms with E-state index in [1.54, 1.807) is 30.1 Å². The molecule has 0 aliphatic carbocycles. The van der Waals surface area contributed by atoms with Crippen molar-refractivity contribution in [3.8, 4) is 0 Å². The van der Waals surface area contributed by atoms with Crippen LogP contribution in [0, 0.1) is 5.82 Å². The number of carboxylic acids is 1. The van der Waals surface area contributed by atoms with Crippen molar-refractivity contribution in [1.82, 2.24) is 14.7 Å². The minimum absolute atomic E-state index is 0.0367. The van der Waals surface area contributed by atoms with Crippen molar-refractivity contribution in [3.05, 3.63) is 35.6 Å². The normalized spacial score (nSPS) is 16.2. The number of nitrogens with zero attached hydrogens (tertiary/aromatic N) is 3. The predicted molar refractivity (Wildman–Crippen MR) is 92.6 cm³/mol. The molecule has 1 amide bonds. The van der Waals surface area contributed by atoms with Crippen LogP contribution < -0.4 is 0 Å². The van der Waals surface area contributed by atoms with Crippen LogP contribution in [0.4, 0.5) is 4.39 Å². The van der Waals surface area contributed by atoms with Crippen LogP contribution in [0.15, 0.2) is 24.3 Å². The van der Waals surface area contributed by atoms with Crippen LogP contribution in [0.2, 0.25) is 0 Å². The maximum absolute atomic E-state index is 13.7. The molecule has 7 heteroatoms. The van der Waals surface area contributed by atoms with E-state index in [9.17, 15) is 14.0 Å². The van der Waals surface area contributed by atoms with E-state index in [-0.39, 0.29) is 30.9 Å². The SMILES string of the molecule is CN(Cc1ccccc1F)C(=O)CN1CCC(N(C)CC(=O)O)CC1. The molecule has 1 aliphatic rings. The molecule has 138 valence electrons. The largest absolute Gasteiger partial charge is 0.480 e. The number of halogens is 1. The summed E-state index contributed by atoms with van der Waals surface area (Å²) < 4.78 is 13.7. The van der Waals surface area contributed by atoms with Crippen LogP contribution in [0.3, 0.4) is 0 Å².